The first-order chi connectivity index (χ1) is 7.00. The highest BCUT2D eigenvalue weighted by atomic mass is 16.4. The van der Waals surface area contributed by atoms with E-state index in [0.717, 1.165) is 25.7 Å². The molecule has 0 bridgehead atoms. The van der Waals surface area contributed by atoms with E-state index in [-0.39, 0.29) is 12.3 Å². The first-order valence-corrected chi connectivity index (χ1v) is 5.46. The molecule has 0 aliphatic heterocycles. The Bertz CT molecular complexity index is 244. The largest absolute Gasteiger partial charge is 0.481 e. The van der Waals surface area contributed by atoms with Crippen molar-refractivity contribution in [1.82, 2.24) is 4.90 Å². The molecule has 1 saturated carbocycles. The minimum atomic E-state index is -0.710. The van der Waals surface area contributed by atoms with Gasteiger partial charge in [-0.1, -0.05) is 0 Å². The molecule has 86 valence electrons. The summed E-state index contributed by atoms with van der Waals surface area (Å²) in [4.78, 5) is 23.4. The van der Waals surface area contributed by atoms with E-state index in [4.69, 9.17) is 5.11 Å². The first-order valence-electron chi connectivity index (χ1n) is 5.46. The lowest BCUT2D eigenvalue weighted by atomic mass is 9.83. The van der Waals surface area contributed by atoms with Gasteiger partial charge in [0.1, 0.15) is 0 Å². The van der Waals surface area contributed by atoms with E-state index in [1.807, 2.05) is 7.05 Å². The van der Waals surface area contributed by atoms with Crippen LogP contribution in [0.3, 0.4) is 0 Å². The number of carbonyl (C=O) groups is 2. The molecule has 0 spiro atoms. The van der Waals surface area contributed by atoms with Crippen LogP contribution in [-0.4, -0.2) is 35.0 Å². The molecular weight excluding hydrogens is 194 g/mol. The maximum Gasteiger partial charge on any atom is 0.303 e. The quantitative estimate of drug-likeness (QED) is 0.772. The number of hydrogen-bond acceptors (Lipinski definition) is 2. The summed E-state index contributed by atoms with van der Waals surface area (Å²) < 4.78 is 0. The Hall–Kier alpha value is -1.06. The minimum Gasteiger partial charge on any atom is -0.481 e. The summed E-state index contributed by atoms with van der Waals surface area (Å²) in [7, 11) is 1.82. The van der Waals surface area contributed by atoms with Crippen molar-refractivity contribution < 1.29 is 14.7 Å². The molecule has 1 amide bonds. The number of amides is 1. The van der Waals surface area contributed by atoms with Gasteiger partial charge in [0.2, 0.25) is 5.91 Å². The lowest BCUT2D eigenvalue weighted by molar-refractivity contribution is -0.139. The number of nitrogens with zero attached hydrogens (tertiary/aromatic N) is 1. The van der Waals surface area contributed by atoms with Crippen molar-refractivity contribution in [2.45, 2.75) is 45.1 Å². The molecule has 1 aliphatic carbocycles. The molecule has 0 atom stereocenters. The fraction of sp³-hybridized carbons (Fsp3) is 0.818. The highest BCUT2D eigenvalue weighted by molar-refractivity contribution is 5.73. The van der Waals surface area contributed by atoms with E-state index in [2.05, 4.69) is 0 Å². The molecule has 1 rings (SSSR count). The zero-order chi connectivity index (χ0) is 11.4. The van der Waals surface area contributed by atoms with E-state index >= 15 is 0 Å². The van der Waals surface area contributed by atoms with Crippen LogP contribution in [0.2, 0.25) is 0 Å². The molecule has 0 unspecified atom stereocenters. The van der Waals surface area contributed by atoms with Crippen molar-refractivity contribution in [1.29, 1.82) is 0 Å². The number of hydrogen-bond donors (Lipinski definition) is 1. The molecule has 4 nitrogen and oxygen atoms in total. The zero-order valence-electron chi connectivity index (χ0n) is 9.40. The number of rotatable bonds is 3. The molecular formula is C11H19NO3. The fourth-order valence-corrected chi connectivity index (χ4v) is 2.24. The Balaban J connectivity index is 2.35. The molecule has 1 aliphatic rings. The average molecular weight is 213 g/mol. The molecule has 0 heterocycles. The molecule has 0 aromatic heterocycles. The molecule has 0 aromatic rings. The van der Waals surface area contributed by atoms with Crippen LogP contribution < -0.4 is 0 Å². The van der Waals surface area contributed by atoms with Gasteiger partial charge in [-0.25, -0.2) is 0 Å². The molecule has 1 fully saturated rings. The normalized spacial score (nSPS) is 26.0. The van der Waals surface area contributed by atoms with Crippen LogP contribution in [0.15, 0.2) is 0 Å². The standard InChI is InChI=1S/C11H19NO3/c1-8(13)12(2)10-5-3-9(4-6-10)7-11(14)15/h9-10H,3-7H2,1-2H3,(H,14,15)/t9-,10-. The fourth-order valence-electron chi connectivity index (χ4n) is 2.24. The average Bonchev–Trinajstić information content (AvgIpc) is 2.17. The molecule has 1 N–H and O–H groups in total. The van der Waals surface area contributed by atoms with Crippen LogP contribution in [0, 0.1) is 5.92 Å². The van der Waals surface area contributed by atoms with Crippen molar-refractivity contribution >= 4 is 11.9 Å². The monoisotopic (exact) mass is 213 g/mol. The molecule has 0 saturated heterocycles. The van der Waals surface area contributed by atoms with Crippen LogP contribution >= 0.6 is 0 Å². The summed E-state index contributed by atoms with van der Waals surface area (Å²) in [6.07, 6.45) is 4.00. The second-order valence-electron chi connectivity index (χ2n) is 4.40. The van der Waals surface area contributed by atoms with E-state index in [1.165, 1.54) is 0 Å². The van der Waals surface area contributed by atoms with Gasteiger partial charge in [-0.2, -0.15) is 0 Å². The van der Waals surface area contributed by atoms with Crippen LogP contribution in [0.5, 0.6) is 0 Å². The predicted octanol–water partition coefficient (Wildman–Crippen LogP) is 1.50. The van der Waals surface area contributed by atoms with Gasteiger partial charge in [-0.05, 0) is 31.6 Å². The SMILES string of the molecule is CC(=O)N(C)[C@H]1CC[C@H](CC(=O)O)CC1. The van der Waals surface area contributed by atoms with E-state index in [1.54, 1.807) is 11.8 Å². The van der Waals surface area contributed by atoms with Crippen molar-refractivity contribution in [3.63, 3.8) is 0 Å². The molecule has 0 radical (unpaired) electrons. The number of carbonyl (C=O) groups excluding carboxylic acids is 1. The van der Waals surface area contributed by atoms with Crippen molar-refractivity contribution in [3.8, 4) is 0 Å². The first kappa shape index (κ1) is 12.0. The van der Waals surface area contributed by atoms with Gasteiger partial charge < -0.3 is 10.0 Å². The predicted molar refractivity (Wildman–Crippen MR) is 56.4 cm³/mol. The summed E-state index contributed by atoms with van der Waals surface area (Å²) in [5.74, 6) is -0.311. The Kier molecular flexibility index (Phi) is 4.12. The van der Waals surface area contributed by atoms with Gasteiger partial charge in [0.05, 0.1) is 0 Å². The van der Waals surface area contributed by atoms with Gasteiger partial charge in [-0.15, -0.1) is 0 Å². The third kappa shape index (κ3) is 3.53. The van der Waals surface area contributed by atoms with Gasteiger partial charge in [-0.3, -0.25) is 9.59 Å². The van der Waals surface area contributed by atoms with Crippen LogP contribution in [-0.2, 0) is 9.59 Å². The van der Waals surface area contributed by atoms with Crippen molar-refractivity contribution in [3.05, 3.63) is 0 Å². The minimum absolute atomic E-state index is 0.0942. The summed E-state index contributed by atoms with van der Waals surface area (Å²) >= 11 is 0. The third-order valence-electron chi connectivity index (χ3n) is 3.32. The van der Waals surface area contributed by atoms with Gasteiger partial charge in [0, 0.05) is 26.4 Å². The zero-order valence-corrected chi connectivity index (χ0v) is 9.40. The van der Waals surface area contributed by atoms with Gasteiger partial charge in [0.25, 0.3) is 0 Å². The van der Waals surface area contributed by atoms with Crippen molar-refractivity contribution in [2.24, 2.45) is 5.92 Å². The number of carboxylic acid groups (broad SMARTS) is 1. The second kappa shape index (κ2) is 5.14. The lowest BCUT2D eigenvalue weighted by Crippen LogP contribution is -2.38. The Morgan fingerprint density at radius 2 is 1.80 bits per heavy atom. The summed E-state index contributed by atoms with van der Waals surface area (Å²) in [6, 6.07) is 0.313. The molecule has 4 heteroatoms. The maximum atomic E-state index is 11.1. The number of carboxylic acids is 1. The van der Waals surface area contributed by atoms with Crippen LogP contribution in [0.25, 0.3) is 0 Å². The van der Waals surface area contributed by atoms with Gasteiger partial charge >= 0.3 is 5.97 Å². The lowest BCUT2D eigenvalue weighted by Gasteiger charge is -2.33. The molecule has 0 aromatic carbocycles. The Morgan fingerprint density at radius 3 is 2.20 bits per heavy atom. The van der Waals surface area contributed by atoms with Crippen LogP contribution in [0.1, 0.15) is 39.0 Å². The van der Waals surface area contributed by atoms with Gasteiger partial charge in [0.15, 0.2) is 0 Å². The van der Waals surface area contributed by atoms with E-state index < -0.39 is 5.97 Å². The summed E-state index contributed by atoms with van der Waals surface area (Å²) in [6.45, 7) is 1.57. The van der Waals surface area contributed by atoms with E-state index in [0.29, 0.717) is 12.0 Å². The van der Waals surface area contributed by atoms with Crippen molar-refractivity contribution in [2.75, 3.05) is 7.05 Å². The Labute approximate surface area is 90.3 Å². The highest BCUT2D eigenvalue weighted by Gasteiger charge is 2.26. The number of aliphatic carboxylic acids is 1. The topological polar surface area (TPSA) is 57.6 Å². The smallest absolute Gasteiger partial charge is 0.303 e. The maximum absolute atomic E-state index is 11.1. The third-order valence-corrected chi connectivity index (χ3v) is 3.32. The highest BCUT2D eigenvalue weighted by Crippen LogP contribution is 2.29. The molecule has 15 heavy (non-hydrogen) atoms. The van der Waals surface area contributed by atoms with E-state index in [9.17, 15) is 9.59 Å². The summed E-state index contributed by atoms with van der Waals surface area (Å²) in [5.41, 5.74) is 0. The van der Waals surface area contributed by atoms with Crippen LogP contribution in [0.4, 0.5) is 0 Å². The Morgan fingerprint density at radius 1 is 1.27 bits per heavy atom. The summed E-state index contributed by atoms with van der Waals surface area (Å²) in [5, 5.41) is 8.66. The second-order valence-corrected chi connectivity index (χ2v) is 4.40.